The molecule has 4 nitrogen and oxygen atoms in total. The molecule has 0 fully saturated rings. The van der Waals surface area contributed by atoms with E-state index < -0.39 is 19.7 Å². The summed E-state index contributed by atoms with van der Waals surface area (Å²) in [5.74, 6) is 0.160. The molecule has 1 aromatic rings. The van der Waals surface area contributed by atoms with Crippen LogP contribution >= 0.6 is 0 Å². The Balaban J connectivity index is 2.84. The van der Waals surface area contributed by atoms with E-state index in [0.29, 0.717) is 6.61 Å². The van der Waals surface area contributed by atoms with E-state index in [1.54, 1.807) is 0 Å². The maximum Gasteiger partial charge on any atom is 0.191 e. The summed E-state index contributed by atoms with van der Waals surface area (Å²) in [6.45, 7) is 20.1. The minimum Gasteiger partial charge on any atom is -0.598 e. The summed E-state index contributed by atoms with van der Waals surface area (Å²) in [7, 11) is -1.77. The second-order valence-electron chi connectivity index (χ2n) is 9.55. The van der Waals surface area contributed by atoms with Gasteiger partial charge in [0.25, 0.3) is 0 Å². The summed E-state index contributed by atoms with van der Waals surface area (Å²) < 4.78 is 21.9. The molecule has 0 aromatic carbocycles. The van der Waals surface area contributed by atoms with Crippen molar-refractivity contribution in [3.05, 3.63) is 30.1 Å². The number of pyridine rings is 1. The van der Waals surface area contributed by atoms with Crippen molar-refractivity contribution in [3.8, 4) is 0 Å². The average molecular weight is 399 g/mol. The van der Waals surface area contributed by atoms with E-state index in [-0.39, 0.29) is 21.7 Å². The van der Waals surface area contributed by atoms with Crippen LogP contribution in [0.4, 0.5) is 0 Å². The van der Waals surface area contributed by atoms with E-state index in [9.17, 15) is 4.55 Å². The van der Waals surface area contributed by atoms with Gasteiger partial charge >= 0.3 is 0 Å². The topological polar surface area (TPSA) is 57.2 Å². The minimum absolute atomic E-state index is 0.0490. The lowest BCUT2D eigenvalue weighted by molar-refractivity contribution is 0.262. The molecule has 1 heterocycles. The van der Waals surface area contributed by atoms with Crippen LogP contribution in [0.15, 0.2) is 24.4 Å². The van der Waals surface area contributed by atoms with E-state index in [0.717, 1.165) is 12.1 Å². The summed E-state index contributed by atoms with van der Waals surface area (Å²) in [4.78, 5) is 4.55. The summed E-state index contributed by atoms with van der Waals surface area (Å²) in [6.07, 6.45) is 2.68. The molecule has 0 saturated carbocycles. The van der Waals surface area contributed by atoms with E-state index in [1.165, 1.54) is 0 Å². The van der Waals surface area contributed by atoms with Gasteiger partial charge in [-0.3, -0.25) is 4.98 Å². The molecule has 26 heavy (non-hydrogen) atoms. The molecule has 6 heteroatoms. The predicted molar refractivity (Wildman–Crippen MR) is 115 cm³/mol. The average Bonchev–Trinajstić information content (AvgIpc) is 2.50. The molecule has 1 aromatic heterocycles. The third-order valence-corrected chi connectivity index (χ3v) is 11.5. The van der Waals surface area contributed by atoms with Crippen LogP contribution < -0.4 is 4.72 Å². The fraction of sp³-hybridized carbons (Fsp3) is 0.750. The normalized spacial score (nSPS) is 17.0. The summed E-state index contributed by atoms with van der Waals surface area (Å²) in [5, 5.41) is 0.199. The maximum absolute atomic E-state index is 12.5. The van der Waals surface area contributed by atoms with Gasteiger partial charge in [-0.15, -0.1) is 4.72 Å². The summed E-state index contributed by atoms with van der Waals surface area (Å²) in [5.41, 5.74) is 1.03. The van der Waals surface area contributed by atoms with Crippen LogP contribution in [0, 0.1) is 0 Å². The van der Waals surface area contributed by atoms with Gasteiger partial charge < -0.3 is 8.98 Å². The molecule has 0 spiro atoms. The van der Waals surface area contributed by atoms with Crippen LogP contribution in [-0.4, -0.2) is 35.2 Å². The Kier molecular flexibility index (Phi) is 8.36. The van der Waals surface area contributed by atoms with Gasteiger partial charge in [-0.2, -0.15) is 0 Å². The Morgan fingerprint density at radius 1 is 1.19 bits per heavy atom. The molecule has 0 aliphatic carbocycles. The molecule has 1 N–H and O–H groups in total. The molecule has 0 radical (unpaired) electrons. The predicted octanol–water partition coefficient (Wildman–Crippen LogP) is 5.02. The molecule has 0 aliphatic heterocycles. The van der Waals surface area contributed by atoms with Crippen molar-refractivity contribution in [2.45, 2.75) is 89.7 Å². The quantitative estimate of drug-likeness (QED) is 0.493. The second-order valence-corrected chi connectivity index (χ2v) is 16.4. The highest BCUT2D eigenvalue weighted by atomic mass is 32.2. The van der Waals surface area contributed by atoms with Crippen molar-refractivity contribution in [2.75, 3.05) is 6.61 Å². The van der Waals surface area contributed by atoms with Crippen molar-refractivity contribution in [1.29, 1.82) is 0 Å². The Labute approximate surface area is 165 Å². The fourth-order valence-corrected chi connectivity index (χ4v) is 4.25. The van der Waals surface area contributed by atoms with Crippen molar-refractivity contribution < 1.29 is 8.98 Å². The fourth-order valence-electron chi connectivity index (χ4n) is 2.33. The molecule has 0 bridgehead atoms. The van der Waals surface area contributed by atoms with E-state index >= 15 is 0 Å². The van der Waals surface area contributed by atoms with Crippen LogP contribution in [0.5, 0.6) is 0 Å². The van der Waals surface area contributed by atoms with Crippen molar-refractivity contribution in [3.63, 3.8) is 0 Å². The number of hydrogen-bond donors (Lipinski definition) is 1. The van der Waals surface area contributed by atoms with Crippen LogP contribution in [0.1, 0.15) is 66.5 Å². The Hall–Kier alpha value is -0.403. The molecule has 0 aliphatic rings. The first-order chi connectivity index (χ1) is 11.8. The zero-order valence-corrected chi connectivity index (χ0v) is 19.9. The first kappa shape index (κ1) is 23.6. The molecular weight excluding hydrogens is 360 g/mol. The van der Waals surface area contributed by atoms with Gasteiger partial charge in [-0.1, -0.05) is 26.8 Å². The SMILES string of the molecule is C[C@@H](N[S+]([O-])C(C)(C)C)C(CCO[Si](C)(C)C(C)(C)C)c1ccccn1. The van der Waals surface area contributed by atoms with Gasteiger partial charge in [0.2, 0.25) is 0 Å². The molecule has 1 rings (SSSR count). The molecule has 0 saturated heterocycles. The summed E-state index contributed by atoms with van der Waals surface area (Å²) >= 11 is -1.11. The number of nitrogens with zero attached hydrogens (tertiary/aromatic N) is 1. The molecule has 150 valence electrons. The Morgan fingerprint density at radius 3 is 2.27 bits per heavy atom. The lowest BCUT2D eigenvalue weighted by Crippen LogP contribution is -2.46. The van der Waals surface area contributed by atoms with Gasteiger partial charge in [-0.25, -0.2) is 0 Å². The van der Waals surface area contributed by atoms with Gasteiger partial charge in [-0.05, 0) is 64.4 Å². The van der Waals surface area contributed by atoms with Crippen molar-refractivity contribution in [1.82, 2.24) is 9.71 Å². The van der Waals surface area contributed by atoms with E-state index in [2.05, 4.69) is 56.6 Å². The lowest BCUT2D eigenvalue weighted by atomic mass is 9.94. The zero-order chi connectivity index (χ0) is 20.2. The zero-order valence-electron chi connectivity index (χ0n) is 18.1. The van der Waals surface area contributed by atoms with Crippen LogP contribution in [-0.2, 0) is 15.8 Å². The van der Waals surface area contributed by atoms with Gasteiger partial charge in [0, 0.05) is 35.8 Å². The van der Waals surface area contributed by atoms with Crippen LogP contribution in [0.3, 0.4) is 0 Å². The minimum atomic E-state index is -1.77. The third-order valence-electron chi connectivity index (χ3n) is 5.22. The maximum atomic E-state index is 12.5. The Bertz CT molecular complexity index is 541. The highest BCUT2D eigenvalue weighted by Crippen LogP contribution is 2.37. The van der Waals surface area contributed by atoms with Crippen LogP contribution in [0.2, 0.25) is 18.1 Å². The van der Waals surface area contributed by atoms with Gasteiger partial charge in [0.15, 0.2) is 8.32 Å². The van der Waals surface area contributed by atoms with E-state index in [4.69, 9.17) is 4.43 Å². The number of aromatic nitrogens is 1. The van der Waals surface area contributed by atoms with Gasteiger partial charge in [0.05, 0.1) is 6.04 Å². The molecule has 0 amide bonds. The highest BCUT2D eigenvalue weighted by Gasteiger charge is 2.37. The number of nitrogens with one attached hydrogen (secondary N) is 1. The molecule has 2 unspecified atom stereocenters. The van der Waals surface area contributed by atoms with Crippen LogP contribution in [0.25, 0.3) is 0 Å². The van der Waals surface area contributed by atoms with E-state index in [1.807, 2.05) is 39.1 Å². The first-order valence-corrected chi connectivity index (χ1v) is 13.5. The highest BCUT2D eigenvalue weighted by molar-refractivity contribution is 7.90. The third kappa shape index (κ3) is 6.96. The standard InChI is InChI=1S/C20H38N2O2SSi/c1-16(22-25(23)19(2,3)4)17(18-12-10-11-14-21-18)13-15-24-26(8,9)20(5,6)7/h10-12,14,16-17,22H,13,15H2,1-9H3/t16-,17?,25?/m1/s1. The second kappa shape index (κ2) is 9.19. The lowest BCUT2D eigenvalue weighted by Gasteiger charge is -2.37. The Morgan fingerprint density at radius 2 is 1.81 bits per heavy atom. The first-order valence-electron chi connectivity index (χ1n) is 9.48. The monoisotopic (exact) mass is 398 g/mol. The van der Waals surface area contributed by atoms with Crippen molar-refractivity contribution in [2.24, 2.45) is 0 Å². The number of hydrogen-bond acceptors (Lipinski definition) is 4. The summed E-state index contributed by atoms with van der Waals surface area (Å²) in [6, 6.07) is 6.04. The van der Waals surface area contributed by atoms with Crippen molar-refractivity contribution >= 4 is 19.7 Å². The largest absolute Gasteiger partial charge is 0.598 e. The smallest absolute Gasteiger partial charge is 0.191 e. The number of rotatable bonds is 8. The molecule has 3 atom stereocenters. The molecular formula is C20H38N2O2SSi. The van der Waals surface area contributed by atoms with Gasteiger partial charge in [0.1, 0.15) is 4.75 Å².